The highest BCUT2D eigenvalue weighted by atomic mass is 16.6. The number of methoxy groups -OCH3 is 2. The van der Waals surface area contributed by atoms with Crippen LogP contribution in [-0.4, -0.2) is 39.3 Å². The number of rotatable bonds is 9. The molecule has 1 aromatic heterocycles. The van der Waals surface area contributed by atoms with Crippen molar-refractivity contribution in [3.05, 3.63) is 66.2 Å². The number of carbonyl (C=O) groups excluding carboxylic acids is 2. The van der Waals surface area contributed by atoms with Crippen LogP contribution in [0.5, 0.6) is 17.2 Å². The van der Waals surface area contributed by atoms with Crippen LogP contribution >= 0.6 is 0 Å². The number of para-hydroxylation sites is 1. The molecular formula is C27H25NO7. The molecular weight excluding hydrogens is 450 g/mol. The Morgan fingerprint density at radius 1 is 0.886 bits per heavy atom. The van der Waals surface area contributed by atoms with Crippen LogP contribution in [-0.2, 0) is 14.3 Å². The second-order valence-corrected chi connectivity index (χ2v) is 7.55. The summed E-state index contributed by atoms with van der Waals surface area (Å²) in [5, 5.41) is 4.51. The Morgan fingerprint density at radius 3 is 2.46 bits per heavy atom. The van der Waals surface area contributed by atoms with Crippen LogP contribution in [0.3, 0.4) is 0 Å². The maximum absolute atomic E-state index is 12.4. The fourth-order valence-electron chi connectivity index (χ4n) is 3.63. The van der Waals surface area contributed by atoms with E-state index in [4.69, 9.17) is 23.4 Å². The standard InChI is InChI=1S/C27H25NO7/c1-4-7-17-10-11-22(25(12-17)32-3)33-16-27(30)34-15-26(29)28-20-14-23-19(13-24(20)31-2)18-8-5-6-9-21(18)35-23/h4-14H,15-16H2,1-3H3,(H,28,29)/b7-4+. The molecule has 0 fully saturated rings. The van der Waals surface area contributed by atoms with Crippen LogP contribution in [0.1, 0.15) is 12.5 Å². The van der Waals surface area contributed by atoms with Crippen LogP contribution in [0.15, 0.2) is 65.1 Å². The van der Waals surface area contributed by atoms with E-state index in [0.717, 1.165) is 21.9 Å². The zero-order chi connectivity index (χ0) is 24.8. The number of hydrogen-bond acceptors (Lipinski definition) is 7. The number of esters is 1. The summed E-state index contributed by atoms with van der Waals surface area (Å²) in [5.74, 6) is 0.116. The Kier molecular flexibility index (Phi) is 7.21. The van der Waals surface area contributed by atoms with Gasteiger partial charge in [-0.3, -0.25) is 4.79 Å². The van der Waals surface area contributed by atoms with Crippen molar-refractivity contribution >= 4 is 45.6 Å². The lowest BCUT2D eigenvalue weighted by Crippen LogP contribution is -2.24. The van der Waals surface area contributed by atoms with Gasteiger partial charge in [0.05, 0.1) is 19.9 Å². The predicted molar refractivity (Wildman–Crippen MR) is 133 cm³/mol. The summed E-state index contributed by atoms with van der Waals surface area (Å²) >= 11 is 0. The van der Waals surface area contributed by atoms with Gasteiger partial charge in [0.1, 0.15) is 16.9 Å². The average molecular weight is 475 g/mol. The lowest BCUT2D eigenvalue weighted by Gasteiger charge is -2.12. The fourth-order valence-corrected chi connectivity index (χ4v) is 3.63. The van der Waals surface area contributed by atoms with Gasteiger partial charge in [-0.25, -0.2) is 4.79 Å². The highest BCUT2D eigenvalue weighted by molar-refractivity contribution is 6.07. The molecule has 0 bridgehead atoms. The molecule has 1 amide bonds. The average Bonchev–Trinajstić information content (AvgIpc) is 3.23. The van der Waals surface area contributed by atoms with Gasteiger partial charge in [0, 0.05) is 16.8 Å². The van der Waals surface area contributed by atoms with Gasteiger partial charge in [-0.1, -0.05) is 36.4 Å². The molecule has 8 heteroatoms. The van der Waals surface area contributed by atoms with E-state index in [0.29, 0.717) is 28.5 Å². The van der Waals surface area contributed by atoms with E-state index in [1.54, 1.807) is 24.3 Å². The largest absolute Gasteiger partial charge is 0.495 e. The molecule has 1 N–H and O–H groups in total. The minimum Gasteiger partial charge on any atom is -0.495 e. The van der Waals surface area contributed by atoms with Crippen molar-refractivity contribution in [2.75, 3.05) is 32.8 Å². The van der Waals surface area contributed by atoms with Gasteiger partial charge in [0.25, 0.3) is 5.91 Å². The number of carbonyl (C=O) groups is 2. The SMILES string of the molecule is C/C=C/c1ccc(OCC(=O)OCC(=O)Nc2cc3oc4ccccc4c3cc2OC)c(OC)c1. The molecule has 1 heterocycles. The first-order valence-electron chi connectivity index (χ1n) is 10.9. The van der Waals surface area contributed by atoms with Crippen molar-refractivity contribution in [3.63, 3.8) is 0 Å². The number of amides is 1. The van der Waals surface area contributed by atoms with Gasteiger partial charge in [0.15, 0.2) is 24.7 Å². The van der Waals surface area contributed by atoms with E-state index in [1.165, 1.54) is 14.2 Å². The third kappa shape index (κ3) is 5.38. The van der Waals surface area contributed by atoms with Gasteiger partial charge >= 0.3 is 5.97 Å². The molecule has 3 aromatic carbocycles. The number of anilines is 1. The van der Waals surface area contributed by atoms with Crippen LogP contribution in [0.25, 0.3) is 28.0 Å². The minimum absolute atomic E-state index is 0.374. The van der Waals surface area contributed by atoms with Gasteiger partial charge in [-0.15, -0.1) is 0 Å². The molecule has 0 unspecified atom stereocenters. The second-order valence-electron chi connectivity index (χ2n) is 7.55. The van der Waals surface area contributed by atoms with E-state index in [2.05, 4.69) is 5.32 Å². The summed E-state index contributed by atoms with van der Waals surface area (Å²) in [5.41, 5.74) is 2.67. The summed E-state index contributed by atoms with van der Waals surface area (Å²) in [6, 6.07) is 16.4. The Labute approximate surface area is 202 Å². The molecule has 0 aliphatic heterocycles. The highest BCUT2D eigenvalue weighted by Gasteiger charge is 2.16. The van der Waals surface area contributed by atoms with Crippen LogP contribution in [0.2, 0.25) is 0 Å². The maximum atomic E-state index is 12.4. The molecule has 0 atom stereocenters. The molecule has 35 heavy (non-hydrogen) atoms. The molecule has 0 saturated heterocycles. The van der Waals surface area contributed by atoms with Gasteiger partial charge in [-0.05, 0) is 36.8 Å². The highest BCUT2D eigenvalue weighted by Crippen LogP contribution is 2.36. The molecule has 0 radical (unpaired) electrons. The summed E-state index contributed by atoms with van der Waals surface area (Å²) < 4.78 is 27.2. The third-order valence-electron chi connectivity index (χ3n) is 5.23. The van der Waals surface area contributed by atoms with Crippen molar-refractivity contribution < 1.29 is 33.0 Å². The molecule has 0 saturated carbocycles. The summed E-state index contributed by atoms with van der Waals surface area (Å²) in [7, 11) is 3.02. The minimum atomic E-state index is -0.695. The van der Waals surface area contributed by atoms with Crippen LogP contribution in [0.4, 0.5) is 5.69 Å². The monoisotopic (exact) mass is 475 g/mol. The molecule has 4 aromatic rings. The number of ether oxygens (including phenoxy) is 4. The molecule has 0 aliphatic carbocycles. The lowest BCUT2D eigenvalue weighted by molar-refractivity contribution is -0.149. The van der Waals surface area contributed by atoms with Crippen molar-refractivity contribution in [2.45, 2.75) is 6.92 Å². The zero-order valence-electron chi connectivity index (χ0n) is 19.6. The number of hydrogen-bond donors (Lipinski definition) is 1. The van der Waals surface area contributed by atoms with Gasteiger partial charge < -0.3 is 28.7 Å². The lowest BCUT2D eigenvalue weighted by atomic mass is 10.1. The van der Waals surface area contributed by atoms with Gasteiger partial charge in [0.2, 0.25) is 0 Å². The van der Waals surface area contributed by atoms with Crippen LogP contribution < -0.4 is 19.5 Å². The number of benzene rings is 3. The Hall–Kier alpha value is -4.46. The number of fused-ring (bicyclic) bond motifs is 3. The predicted octanol–water partition coefficient (Wildman–Crippen LogP) is 5.20. The molecule has 0 spiro atoms. The second kappa shape index (κ2) is 10.6. The normalized spacial score (nSPS) is 11.1. The number of furan rings is 1. The number of nitrogens with one attached hydrogen (secondary N) is 1. The van der Waals surface area contributed by atoms with Crippen molar-refractivity contribution in [1.82, 2.24) is 0 Å². The van der Waals surface area contributed by atoms with Gasteiger partial charge in [-0.2, -0.15) is 0 Å². The fraction of sp³-hybridized carbons (Fsp3) is 0.185. The molecule has 8 nitrogen and oxygen atoms in total. The molecule has 0 aliphatic rings. The van der Waals surface area contributed by atoms with E-state index >= 15 is 0 Å². The van der Waals surface area contributed by atoms with Crippen molar-refractivity contribution in [1.29, 1.82) is 0 Å². The first-order chi connectivity index (χ1) is 17.0. The maximum Gasteiger partial charge on any atom is 0.344 e. The van der Waals surface area contributed by atoms with E-state index in [-0.39, 0.29) is 6.61 Å². The summed E-state index contributed by atoms with van der Waals surface area (Å²) in [6.07, 6.45) is 3.82. The van der Waals surface area contributed by atoms with E-state index < -0.39 is 18.5 Å². The quantitative estimate of drug-likeness (QED) is 0.333. The number of allylic oxidation sites excluding steroid dienone is 1. The zero-order valence-corrected chi connectivity index (χ0v) is 19.6. The van der Waals surface area contributed by atoms with Crippen molar-refractivity contribution in [3.8, 4) is 17.2 Å². The molecule has 180 valence electrons. The van der Waals surface area contributed by atoms with E-state index in [9.17, 15) is 9.59 Å². The van der Waals surface area contributed by atoms with Crippen molar-refractivity contribution in [2.24, 2.45) is 0 Å². The Morgan fingerprint density at radius 2 is 1.69 bits per heavy atom. The smallest absolute Gasteiger partial charge is 0.344 e. The Bertz CT molecular complexity index is 1400. The summed E-state index contributed by atoms with van der Waals surface area (Å²) in [4.78, 5) is 24.5. The van der Waals surface area contributed by atoms with E-state index in [1.807, 2.05) is 49.4 Å². The third-order valence-corrected chi connectivity index (χ3v) is 5.23. The summed E-state index contributed by atoms with van der Waals surface area (Å²) in [6.45, 7) is 1.05. The topological polar surface area (TPSA) is 96.2 Å². The molecule has 4 rings (SSSR count). The first-order valence-corrected chi connectivity index (χ1v) is 10.9. The Balaban J connectivity index is 1.36. The first kappa shape index (κ1) is 23.7. The van der Waals surface area contributed by atoms with Crippen LogP contribution in [0, 0.1) is 0 Å².